The second-order valence-corrected chi connectivity index (χ2v) is 9.52. The van der Waals surface area contributed by atoms with E-state index >= 15 is 0 Å². The summed E-state index contributed by atoms with van der Waals surface area (Å²) < 4.78 is 10.8. The minimum Gasteiger partial charge on any atom is -0.507 e. The second-order valence-electron chi connectivity index (χ2n) is 8.54. The van der Waals surface area contributed by atoms with Gasteiger partial charge in [0.1, 0.15) is 22.5 Å². The number of ketones is 1. The summed E-state index contributed by atoms with van der Waals surface area (Å²) in [4.78, 5) is 49.0. The smallest absolute Gasteiger partial charge is 0.350 e. The molecule has 0 saturated carbocycles. The van der Waals surface area contributed by atoms with Crippen LogP contribution in [0.15, 0.2) is 48.3 Å². The maximum Gasteiger partial charge on any atom is 0.350 e. The summed E-state index contributed by atoms with van der Waals surface area (Å²) >= 11 is 0.961. The highest BCUT2D eigenvalue weighted by molar-refractivity contribution is 7.17. The van der Waals surface area contributed by atoms with Gasteiger partial charge in [0.05, 0.1) is 23.9 Å². The lowest BCUT2D eigenvalue weighted by Gasteiger charge is -2.22. The van der Waals surface area contributed by atoms with E-state index in [1.807, 2.05) is 6.92 Å². The van der Waals surface area contributed by atoms with Gasteiger partial charge in [0.25, 0.3) is 5.78 Å². The third-order valence-electron chi connectivity index (χ3n) is 6.07. The van der Waals surface area contributed by atoms with Crippen LogP contribution in [0.4, 0.5) is 5.13 Å². The highest BCUT2D eigenvalue weighted by Gasteiger charge is 2.48. The van der Waals surface area contributed by atoms with E-state index in [0.29, 0.717) is 23.2 Å². The Morgan fingerprint density at radius 3 is 2.83 bits per heavy atom. The molecule has 2 aromatic heterocycles. The van der Waals surface area contributed by atoms with Crippen molar-refractivity contribution >= 4 is 39.9 Å². The molecule has 0 radical (unpaired) electrons. The van der Waals surface area contributed by atoms with Crippen molar-refractivity contribution in [2.75, 3.05) is 11.5 Å². The van der Waals surface area contributed by atoms with Crippen molar-refractivity contribution in [1.82, 2.24) is 9.97 Å². The summed E-state index contributed by atoms with van der Waals surface area (Å²) in [6.45, 7) is 5.47. The van der Waals surface area contributed by atoms with E-state index in [0.717, 1.165) is 22.6 Å². The Labute approximate surface area is 211 Å². The van der Waals surface area contributed by atoms with Crippen LogP contribution in [0.3, 0.4) is 0 Å². The molecule has 1 N–H and O–H groups in total. The number of anilines is 1. The lowest BCUT2D eigenvalue weighted by Crippen LogP contribution is -2.29. The van der Waals surface area contributed by atoms with Crippen molar-refractivity contribution in [1.29, 1.82) is 0 Å². The second kappa shape index (κ2) is 9.19. The van der Waals surface area contributed by atoms with Crippen LogP contribution in [0.5, 0.6) is 5.75 Å². The van der Waals surface area contributed by atoms with Crippen molar-refractivity contribution in [3.8, 4) is 5.75 Å². The van der Waals surface area contributed by atoms with Crippen LogP contribution in [0.2, 0.25) is 0 Å². The van der Waals surface area contributed by atoms with Gasteiger partial charge < -0.3 is 14.6 Å². The van der Waals surface area contributed by atoms with Crippen molar-refractivity contribution in [2.24, 2.45) is 0 Å². The molecule has 1 amide bonds. The van der Waals surface area contributed by atoms with Crippen LogP contribution in [0.1, 0.15) is 51.9 Å². The molecule has 5 rings (SSSR count). The summed E-state index contributed by atoms with van der Waals surface area (Å²) in [5, 5.41) is 11.5. The quantitative estimate of drug-likeness (QED) is 0.239. The summed E-state index contributed by atoms with van der Waals surface area (Å²) in [7, 11) is 0. The molecule has 2 aliphatic rings. The number of aliphatic hydroxyl groups excluding tert-OH is 1. The number of aromatic nitrogens is 2. The Kier molecular flexibility index (Phi) is 6.05. The number of rotatable bonds is 5. The summed E-state index contributed by atoms with van der Waals surface area (Å²) in [5.74, 6) is -1.83. The Hall–Kier alpha value is -4.05. The normalized spacial score (nSPS) is 20.4. The number of Topliss-reactive ketones (excluding diaryl/α,β-unsaturated/α-hetero) is 1. The number of aliphatic hydroxyl groups is 1. The molecule has 184 valence electrons. The number of esters is 1. The lowest BCUT2D eigenvalue weighted by molar-refractivity contribution is -0.132. The molecule has 0 bridgehead atoms. The zero-order valence-electron chi connectivity index (χ0n) is 19.8. The number of thiazole rings is 1. The van der Waals surface area contributed by atoms with Gasteiger partial charge in [0, 0.05) is 24.4 Å². The summed E-state index contributed by atoms with van der Waals surface area (Å²) in [5.41, 5.74) is 2.13. The maximum atomic E-state index is 13.3. The molecule has 2 aliphatic heterocycles. The van der Waals surface area contributed by atoms with Gasteiger partial charge in [-0.05, 0) is 56.2 Å². The van der Waals surface area contributed by atoms with Gasteiger partial charge in [-0.15, -0.1) is 0 Å². The van der Waals surface area contributed by atoms with Gasteiger partial charge in [0.15, 0.2) is 5.13 Å². The van der Waals surface area contributed by atoms with Crippen LogP contribution in [0, 0.1) is 6.92 Å². The first kappa shape index (κ1) is 23.7. The fraction of sp³-hybridized carbons (Fsp3) is 0.269. The number of nitrogens with zero attached hydrogens (tertiary/aromatic N) is 3. The number of carbonyl (C=O) groups excluding carboxylic acids is 3. The molecule has 1 saturated heterocycles. The van der Waals surface area contributed by atoms with Gasteiger partial charge in [-0.1, -0.05) is 17.4 Å². The number of amides is 1. The predicted octanol–water partition coefficient (Wildman–Crippen LogP) is 3.97. The van der Waals surface area contributed by atoms with Crippen LogP contribution < -0.4 is 9.64 Å². The molecule has 0 aliphatic carbocycles. The number of hydrogen-bond acceptors (Lipinski definition) is 9. The number of hydrogen-bond donors (Lipinski definition) is 1. The standard InChI is InChI=1S/C26H23N3O6S/c1-4-34-25(33)23-14(3)28-26(36-23)29-20(16-6-5-9-27-12-16)19(22(31)24(29)32)21(30)15-7-8-18-17(11-15)10-13(2)35-18/h5-9,11-13,20,30H,4,10H2,1-3H3/b21-19+. The van der Waals surface area contributed by atoms with Crippen molar-refractivity contribution < 1.29 is 29.0 Å². The minimum atomic E-state index is -0.984. The van der Waals surface area contributed by atoms with E-state index in [2.05, 4.69) is 9.97 Å². The minimum absolute atomic E-state index is 0.0140. The van der Waals surface area contributed by atoms with Crippen LogP contribution in [0.25, 0.3) is 5.76 Å². The van der Waals surface area contributed by atoms with Crippen molar-refractivity contribution in [3.63, 3.8) is 0 Å². The summed E-state index contributed by atoms with van der Waals surface area (Å²) in [6.07, 6.45) is 3.79. The predicted molar refractivity (Wildman–Crippen MR) is 132 cm³/mol. The van der Waals surface area contributed by atoms with E-state index in [1.54, 1.807) is 50.4 Å². The Morgan fingerprint density at radius 1 is 1.31 bits per heavy atom. The average Bonchev–Trinajstić information content (AvgIpc) is 3.51. The molecule has 36 heavy (non-hydrogen) atoms. The topological polar surface area (TPSA) is 119 Å². The Morgan fingerprint density at radius 2 is 2.11 bits per heavy atom. The van der Waals surface area contributed by atoms with E-state index in [1.165, 1.54) is 11.1 Å². The number of pyridine rings is 1. The highest BCUT2D eigenvalue weighted by Crippen LogP contribution is 2.44. The van der Waals surface area contributed by atoms with Crippen LogP contribution in [-0.4, -0.2) is 45.4 Å². The van der Waals surface area contributed by atoms with Crippen LogP contribution in [-0.2, 0) is 20.7 Å². The van der Waals surface area contributed by atoms with Gasteiger partial charge in [0.2, 0.25) is 0 Å². The zero-order chi connectivity index (χ0) is 25.6. The lowest BCUT2D eigenvalue weighted by atomic mass is 9.95. The van der Waals surface area contributed by atoms with Gasteiger partial charge in [-0.3, -0.25) is 19.5 Å². The number of benzene rings is 1. The molecule has 2 unspecified atom stereocenters. The molecule has 4 heterocycles. The fourth-order valence-electron chi connectivity index (χ4n) is 4.48. The van der Waals surface area contributed by atoms with Gasteiger partial charge in [-0.2, -0.15) is 0 Å². The molecular formula is C26H23N3O6S. The molecule has 1 aromatic carbocycles. The Balaban J connectivity index is 1.65. The molecule has 10 heteroatoms. The monoisotopic (exact) mass is 505 g/mol. The molecule has 1 fully saturated rings. The largest absolute Gasteiger partial charge is 0.507 e. The van der Waals surface area contributed by atoms with E-state index in [-0.39, 0.29) is 34.1 Å². The fourth-order valence-corrected chi connectivity index (χ4v) is 5.47. The van der Waals surface area contributed by atoms with Gasteiger partial charge >= 0.3 is 11.9 Å². The Bertz CT molecular complexity index is 1410. The van der Waals surface area contributed by atoms with Crippen molar-refractivity contribution in [2.45, 2.75) is 39.3 Å². The van der Waals surface area contributed by atoms with E-state index in [4.69, 9.17) is 9.47 Å². The van der Waals surface area contributed by atoms with E-state index in [9.17, 15) is 19.5 Å². The SMILES string of the molecule is CCOC(=O)c1sc(N2C(=O)C(=O)/C(=C(/O)c3ccc4c(c3)CC(C)O4)C2c2cccnc2)nc1C. The third-order valence-corrected chi connectivity index (χ3v) is 7.20. The molecule has 9 nitrogen and oxygen atoms in total. The first-order chi connectivity index (χ1) is 17.3. The number of ether oxygens (including phenoxy) is 2. The highest BCUT2D eigenvalue weighted by atomic mass is 32.1. The number of carbonyl (C=O) groups is 3. The molecule has 0 spiro atoms. The molecular weight excluding hydrogens is 482 g/mol. The van der Waals surface area contributed by atoms with E-state index < -0.39 is 23.7 Å². The van der Waals surface area contributed by atoms with Crippen LogP contribution >= 0.6 is 11.3 Å². The first-order valence-corrected chi connectivity index (χ1v) is 12.3. The summed E-state index contributed by atoms with van der Waals surface area (Å²) in [6, 6.07) is 7.59. The van der Waals surface area contributed by atoms with Crippen molar-refractivity contribution in [3.05, 3.63) is 75.6 Å². The molecule has 2 atom stereocenters. The maximum absolute atomic E-state index is 13.3. The zero-order valence-corrected chi connectivity index (χ0v) is 20.7. The number of fused-ring (bicyclic) bond motifs is 1. The molecule has 3 aromatic rings. The average molecular weight is 506 g/mol. The van der Waals surface area contributed by atoms with Gasteiger partial charge in [-0.25, -0.2) is 9.78 Å². The first-order valence-electron chi connectivity index (χ1n) is 11.5. The number of aryl methyl sites for hydroxylation is 1. The third kappa shape index (κ3) is 3.93.